The van der Waals surface area contributed by atoms with Gasteiger partial charge in [0.05, 0.1) is 6.04 Å². The minimum Gasteiger partial charge on any atom is -0.307 e. The van der Waals surface area contributed by atoms with E-state index in [9.17, 15) is 4.79 Å². The maximum atomic E-state index is 10.3. The molecule has 0 amide bonds. The zero-order chi connectivity index (χ0) is 14.1. The van der Waals surface area contributed by atoms with Crippen molar-refractivity contribution in [2.24, 2.45) is 10.4 Å². The van der Waals surface area contributed by atoms with Gasteiger partial charge in [-0.15, -0.1) is 0 Å². The summed E-state index contributed by atoms with van der Waals surface area (Å²) in [6.07, 6.45) is 10.1. The zero-order valence-corrected chi connectivity index (χ0v) is 11.8. The van der Waals surface area contributed by atoms with Crippen molar-refractivity contribution in [2.75, 3.05) is 20.6 Å². The Bertz CT molecular complexity index is 358. The number of carbonyl (C=O) groups is 1. The molecule has 0 radical (unpaired) electrons. The molecule has 0 bridgehead atoms. The average Bonchev–Trinajstić information content (AvgIpc) is 3.06. The normalized spacial score (nSPS) is 23.9. The van der Waals surface area contributed by atoms with Crippen molar-refractivity contribution in [3.63, 3.8) is 0 Å². The Morgan fingerprint density at radius 3 is 2.63 bits per heavy atom. The van der Waals surface area contributed by atoms with Crippen LogP contribution in [-0.2, 0) is 4.79 Å². The van der Waals surface area contributed by atoms with Crippen LogP contribution in [0.5, 0.6) is 0 Å². The van der Waals surface area contributed by atoms with Gasteiger partial charge in [0.2, 0.25) is 0 Å². The Labute approximate surface area is 115 Å². The van der Waals surface area contributed by atoms with Gasteiger partial charge >= 0.3 is 0 Å². The van der Waals surface area contributed by atoms with Crippen LogP contribution in [0.3, 0.4) is 0 Å². The number of hydrazine groups is 1. The summed E-state index contributed by atoms with van der Waals surface area (Å²) in [4.78, 5) is 14.2. The van der Waals surface area contributed by atoms with E-state index in [2.05, 4.69) is 27.7 Å². The average molecular weight is 264 g/mol. The van der Waals surface area contributed by atoms with Crippen molar-refractivity contribution >= 4 is 12.1 Å². The largest absolute Gasteiger partial charge is 0.307 e. The first-order chi connectivity index (χ1) is 9.19. The van der Waals surface area contributed by atoms with E-state index in [0.717, 1.165) is 25.1 Å². The van der Waals surface area contributed by atoms with E-state index in [0.29, 0.717) is 5.41 Å². The summed E-state index contributed by atoms with van der Waals surface area (Å²) in [5, 5.41) is 3.19. The molecule has 5 heteroatoms. The first-order valence-electron chi connectivity index (χ1n) is 6.57. The van der Waals surface area contributed by atoms with E-state index in [-0.39, 0.29) is 6.04 Å². The molecular weight excluding hydrogens is 240 g/mol. The van der Waals surface area contributed by atoms with Crippen molar-refractivity contribution in [3.05, 3.63) is 24.8 Å². The fourth-order valence-corrected chi connectivity index (χ4v) is 2.07. The smallest absolute Gasteiger partial charge is 0.136 e. The van der Waals surface area contributed by atoms with Crippen molar-refractivity contribution < 1.29 is 4.79 Å². The van der Waals surface area contributed by atoms with E-state index in [1.54, 1.807) is 20.2 Å². The van der Waals surface area contributed by atoms with Gasteiger partial charge in [0.15, 0.2) is 0 Å². The Morgan fingerprint density at radius 1 is 1.53 bits per heavy atom. The fourth-order valence-electron chi connectivity index (χ4n) is 2.07. The molecule has 1 heterocycles. The van der Waals surface area contributed by atoms with Gasteiger partial charge in [-0.2, -0.15) is 0 Å². The molecule has 1 spiro atoms. The molecule has 2 fully saturated rings. The summed E-state index contributed by atoms with van der Waals surface area (Å²) in [5.74, 6) is 0.780. The van der Waals surface area contributed by atoms with Gasteiger partial charge in [0, 0.05) is 20.6 Å². The second-order valence-corrected chi connectivity index (χ2v) is 4.91. The number of allylic oxidation sites excluding steroid dienone is 2. The molecule has 1 saturated carbocycles. The topological polar surface area (TPSA) is 65.5 Å². The Morgan fingerprint density at radius 2 is 2.26 bits per heavy atom. The van der Waals surface area contributed by atoms with Crippen LogP contribution in [-0.4, -0.2) is 38.8 Å². The van der Waals surface area contributed by atoms with Crippen LogP contribution in [0.1, 0.15) is 19.3 Å². The van der Waals surface area contributed by atoms with E-state index in [1.165, 1.54) is 12.8 Å². The van der Waals surface area contributed by atoms with Gasteiger partial charge < -0.3 is 15.5 Å². The van der Waals surface area contributed by atoms with E-state index < -0.39 is 0 Å². The lowest BCUT2D eigenvalue weighted by Gasteiger charge is -2.00. The number of aliphatic imine (C=N–C) groups is 1. The number of aldehydes is 1. The number of hydrogen-bond donors (Lipinski definition) is 3. The van der Waals surface area contributed by atoms with Gasteiger partial charge in [0.25, 0.3) is 0 Å². The quantitative estimate of drug-likeness (QED) is 0.231. The lowest BCUT2D eigenvalue weighted by atomic mass is 10.0. The first kappa shape index (κ1) is 15.6. The van der Waals surface area contributed by atoms with Crippen LogP contribution < -0.4 is 16.2 Å². The van der Waals surface area contributed by atoms with Gasteiger partial charge in [-0.3, -0.25) is 4.99 Å². The molecule has 0 aromatic rings. The molecule has 1 saturated heterocycles. The number of hydrogen-bond acceptors (Lipinski definition) is 4. The zero-order valence-electron chi connectivity index (χ0n) is 11.8. The summed E-state index contributed by atoms with van der Waals surface area (Å²) in [7, 11) is 3.50. The molecule has 2 aliphatic rings. The Balaban J connectivity index is 0.000000190. The summed E-state index contributed by atoms with van der Waals surface area (Å²) >= 11 is 0. The number of rotatable bonds is 4. The van der Waals surface area contributed by atoms with Gasteiger partial charge in [0.1, 0.15) is 12.1 Å². The van der Waals surface area contributed by atoms with E-state index in [4.69, 9.17) is 0 Å². The molecule has 5 nitrogen and oxygen atoms in total. The van der Waals surface area contributed by atoms with Crippen molar-refractivity contribution in [1.29, 1.82) is 0 Å². The second-order valence-electron chi connectivity index (χ2n) is 4.91. The SMILES string of the molecule is C=C/C=C\C(=NC)NNC.O=CC1CC2(CC2)CN1. The predicted molar refractivity (Wildman–Crippen MR) is 79.0 cm³/mol. The van der Waals surface area contributed by atoms with Crippen molar-refractivity contribution in [1.82, 2.24) is 16.2 Å². The molecule has 0 aromatic heterocycles. The minimum atomic E-state index is 0.174. The Hall–Kier alpha value is -1.46. The third-order valence-electron chi connectivity index (χ3n) is 3.40. The minimum absolute atomic E-state index is 0.174. The number of carbonyl (C=O) groups excluding carboxylic acids is 1. The Kier molecular flexibility index (Phi) is 6.45. The number of nitrogens with one attached hydrogen (secondary N) is 3. The standard InChI is InChI=1S/C7H13N3.C7H11NO/c1-4-5-6-7(8-2)10-9-3;9-4-6-3-7(1-2-7)5-8-6/h4-6,9H,1H2,2-3H3,(H,8,10);4,6,8H,1-3,5H2/b6-5-;. The van der Waals surface area contributed by atoms with E-state index in [1.807, 2.05) is 12.2 Å². The summed E-state index contributed by atoms with van der Waals surface area (Å²) < 4.78 is 0. The molecule has 2 rings (SSSR count). The summed E-state index contributed by atoms with van der Waals surface area (Å²) in [5.41, 5.74) is 6.17. The lowest BCUT2D eigenvalue weighted by molar-refractivity contribution is -0.109. The van der Waals surface area contributed by atoms with Crippen LogP contribution in [0.15, 0.2) is 29.8 Å². The van der Waals surface area contributed by atoms with Crippen LogP contribution in [0.25, 0.3) is 0 Å². The van der Waals surface area contributed by atoms with Crippen LogP contribution in [0.2, 0.25) is 0 Å². The molecule has 106 valence electrons. The third kappa shape index (κ3) is 5.36. The summed E-state index contributed by atoms with van der Waals surface area (Å²) in [6, 6.07) is 0.174. The van der Waals surface area contributed by atoms with Gasteiger partial charge in [-0.05, 0) is 30.8 Å². The first-order valence-corrected chi connectivity index (χ1v) is 6.57. The molecule has 19 heavy (non-hydrogen) atoms. The molecule has 1 aliphatic heterocycles. The monoisotopic (exact) mass is 264 g/mol. The maximum absolute atomic E-state index is 10.3. The number of nitrogens with zero attached hydrogens (tertiary/aromatic N) is 1. The van der Waals surface area contributed by atoms with Crippen LogP contribution in [0, 0.1) is 5.41 Å². The van der Waals surface area contributed by atoms with Crippen LogP contribution in [0.4, 0.5) is 0 Å². The highest BCUT2D eigenvalue weighted by molar-refractivity contribution is 5.92. The molecule has 1 aliphatic carbocycles. The molecular formula is C14H24N4O. The van der Waals surface area contributed by atoms with E-state index >= 15 is 0 Å². The maximum Gasteiger partial charge on any atom is 0.136 e. The molecule has 1 unspecified atom stereocenters. The second kappa shape index (κ2) is 7.86. The van der Waals surface area contributed by atoms with Gasteiger partial charge in [-0.25, -0.2) is 5.43 Å². The van der Waals surface area contributed by atoms with Gasteiger partial charge in [-0.1, -0.05) is 18.7 Å². The van der Waals surface area contributed by atoms with Crippen molar-refractivity contribution in [2.45, 2.75) is 25.3 Å². The van der Waals surface area contributed by atoms with Crippen molar-refractivity contribution in [3.8, 4) is 0 Å². The predicted octanol–water partition coefficient (Wildman–Crippen LogP) is 0.808. The number of amidine groups is 1. The molecule has 3 N–H and O–H groups in total. The highest BCUT2D eigenvalue weighted by Gasteiger charge is 2.47. The van der Waals surface area contributed by atoms with Crippen LogP contribution >= 0.6 is 0 Å². The molecule has 0 aromatic carbocycles. The highest BCUT2D eigenvalue weighted by Crippen LogP contribution is 2.51. The summed E-state index contributed by atoms with van der Waals surface area (Å²) in [6.45, 7) is 4.62. The fraction of sp³-hybridized carbons (Fsp3) is 0.571. The highest BCUT2D eigenvalue weighted by atomic mass is 16.1. The lowest BCUT2D eigenvalue weighted by Crippen LogP contribution is -2.32. The third-order valence-corrected chi connectivity index (χ3v) is 3.40. The molecule has 1 atom stereocenters.